The Morgan fingerprint density at radius 1 is 1.17 bits per heavy atom. The molecule has 0 radical (unpaired) electrons. The number of likely N-dealkylation sites (tertiary alicyclic amines) is 1. The van der Waals surface area contributed by atoms with E-state index in [9.17, 15) is 9.59 Å². The summed E-state index contributed by atoms with van der Waals surface area (Å²) >= 11 is 0. The van der Waals surface area contributed by atoms with Gasteiger partial charge in [-0.25, -0.2) is 0 Å². The van der Waals surface area contributed by atoms with Crippen LogP contribution in [0.3, 0.4) is 0 Å². The molecule has 124 valence electrons. The average Bonchev–Trinajstić information content (AvgIpc) is 2.83. The molecule has 0 saturated carbocycles. The van der Waals surface area contributed by atoms with Gasteiger partial charge in [-0.05, 0) is 45.0 Å². The molecule has 2 amide bonds. The number of anilines is 2. The summed E-state index contributed by atoms with van der Waals surface area (Å²) in [6, 6.07) is 7.44. The third kappa shape index (κ3) is 3.72. The first-order valence-electron chi connectivity index (χ1n) is 8.58. The third-order valence-corrected chi connectivity index (χ3v) is 4.69. The van der Waals surface area contributed by atoms with E-state index in [0.717, 1.165) is 24.5 Å². The van der Waals surface area contributed by atoms with Crippen LogP contribution in [0.25, 0.3) is 0 Å². The minimum absolute atomic E-state index is 0.0324. The summed E-state index contributed by atoms with van der Waals surface area (Å²) in [5.74, 6) is 0.0540. The number of benzene rings is 1. The third-order valence-electron chi connectivity index (χ3n) is 4.69. The highest BCUT2D eigenvalue weighted by molar-refractivity contribution is 6.04. The lowest BCUT2D eigenvalue weighted by atomic mass is 10.1. The number of fused-ring (bicyclic) bond motifs is 1. The van der Waals surface area contributed by atoms with Gasteiger partial charge in [-0.15, -0.1) is 0 Å². The van der Waals surface area contributed by atoms with Crippen molar-refractivity contribution in [2.45, 2.75) is 45.1 Å². The van der Waals surface area contributed by atoms with Gasteiger partial charge in [0.15, 0.2) is 0 Å². The van der Waals surface area contributed by atoms with Crippen molar-refractivity contribution in [1.82, 2.24) is 4.90 Å². The number of nitrogens with zero attached hydrogens (tertiary/aromatic N) is 2. The van der Waals surface area contributed by atoms with E-state index >= 15 is 0 Å². The Labute approximate surface area is 137 Å². The highest BCUT2D eigenvalue weighted by Gasteiger charge is 2.30. The van der Waals surface area contributed by atoms with E-state index in [0.29, 0.717) is 13.0 Å². The number of amides is 2. The van der Waals surface area contributed by atoms with Crippen LogP contribution in [0.2, 0.25) is 0 Å². The molecule has 1 fully saturated rings. The number of para-hydroxylation sites is 2. The van der Waals surface area contributed by atoms with Gasteiger partial charge in [0.2, 0.25) is 11.8 Å². The molecule has 23 heavy (non-hydrogen) atoms. The maximum absolute atomic E-state index is 13.0. The van der Waals surface area contributed by atoms with Crippen LogP contribution in [-0.2, 0) is 9.59 Å². The highest BCUT2D eigenvalue weighted by Crippen LogP contribution is 2.31. The highest BCUT2D eigenvalue weighted by atomic mass is 16.2. The van der Waals surface area contributed by atoms with E-state index in [-0.39, 0.29) is 17.9 Å². The molecule has 1 saturated heterocycles. The lowest BCUT2D eigenvalue weighted by molar-refractivity contribution is -0.120. The summed E-state index contributed by atoms with van der Waals surface area (Å²) in [6.07, 6.45) is 5.18. The molecule has 0 bridgehead atoms. The standard InChI is InChI=1S/C18H25N3O2/c1-14-12-17(22)19-15-8-4-5-9-16(15)21(14)18(23)13-20-10-6-2-3-7-11-20/h4-5,8-9,14H,2-3,6-7,10-13H2,1H3,(H,19,22)/t14-/m0/s1. The second-order valence-electron chi connectivity index (χ2n) is 6.57. The van der Waals surface area contributed by atoms with Crippen molar-refractivity contribution in [1.29, 1.82) is 0 Å². The summed E-state index contributed by atoms with van der Waals surface area (Å²) in [5, 5.41) is 2.90. The molecular formula is C18H25N3O2. The van der Waals surface area contributed by atoms with Crippen molar-refractivity contribution in [2.24, 2.45) is 0 Å². The zero-order chi connectivity index (χ0) is 16.2. The number of hydrogen-bond donors (Lipinski definition) is 1. The Morgan fingerprint density at radius 3 is 2.61 bits per heavy atom. The molecule has 5 heteroatoms. The average molecular weight is 315 g/mol. The molecule has 2 aliphatic heterocycles. The van der Waals surface area contributed by atoms with Crippen LogP contribution < -0.4 is 10.2 Å². The van der Waals surface area contributed by atoms with Crippen molar-refractivity contribution >= 4 is 23.2 Å². The summed E-state index contributed by atoms with van der Waals surface area (Å²) in [7, 11) is 0. The van der Waals surface area contributed by atoms with Gasteiger partial charge in [0.05, 0.1) is 17.9 Å². The second-order valence-corrected chi connectivity index (χ2v) is 6.57. The Bertz CT molecular complexity index is 579. The van der Waals surface area contributed by atoms with Crippen LogP contribution in [0.4, 0.5) is 11.4 Å². The normalized spacial score (nSPS) is 22.7. The van der Waals surface area contributed by atoms with E-state index in [2.05, 4.69) is 10.2 Å². The van der Waals surface area contributed by atoms with Gasteiger partial charge in [-0.3, -0.25) is 14.5 Å². The van der Waals surface area contributed by atoms with E-state index in [4.69, 9.17) is 0 Å². The van der Waals surface area contributed by atoms with E-state index in [1.165, 1.54) is 25.7 Å². The van der Waals surface area contributed by atoms with E-state index in [1.54, 1.807) is 4.90 Å². The number of carbonyl (C=O) groups excluding carboxylic acids is 2. The fourth-order valence-electron chi connectivity index (χ4n) is 3.53. The van der Waals surface area contributed by atoms with Crippen molar-refractivity contribution in [2.75, 3.05) is 29.9 Å². The SMILES string of the molecule is C[C@H]1CC(=O)Nc2ccccc2N1C(=O)CN1CCCCCC1. The van der Waals surface area contributed by atoms with Crippen molar-refractivity contribution in [3.63, 3.8) is 0 Å². The first kappa shape index (κ1) is 16.0. The predicted molar refractivity (Wildman–Crippen MR) is 91.5 cm³/mol. The van der Waals surface area contributed by atoms with Gasteiger partial charge < -0.3 is 10.2 Å². The minimum atomic E-state index is -0.127. The van der Waals surface area contributed by atoms with Gasteiger partial charge in [0.1, 0.15) is 0 Å². The van der Waals surface area contributed by atoms with Crippen LogP contribution >= 0.6 is 0 Å². The largest absolute Gasteiger partial charge is 0.324 e. The van der Waals surface area contributed by atoms with E-state index < -0.39 is 0 Å². The molecule has 1 atom stereocenters. The monoisotopic (exact) mass is 315 g/mol. The second kappa shape index (κ2) is 7.13. The van der Waals surface area contributed by atoms with Crippen LogP contribution in [0.5, 0.6) is 0 Å². The van der Waals surface area contributed by atoms with Gasteiger partial charge in [0, 0.05) is 12.5 Å². The van der Waals surface area contributed by atoms with Crippen LogP contribution in [-0.4, -0.2) is 42.4 Å². The Balaban J connectivity index is 1.81. The molecule has 2 heterocycles. The lowest BCUT2D eigenvalue weighted by Crippen LogP contribution is -2.45. The molecule has 1 aromatic carbocycles. The summed E-state index contributed by atoms with van der Waals surface area (Å²) < 4.78 is 0. The topological polar surface area (TPSA) is 52.7 Å². The van der Waals surface area contributed by atoms with Crippen LogP contribution in [0.1, 0.15) is 39.0 Å². The number of rotatable bonds is 2. The summed E-state index contributed by atoms with van der Waals surface area (Å²) in [5.41, 5.74) is 1.54. The fraction of sp³-hybridized carbons (Fsp3) is 0.556. The maximum atomic E-state index is 13.0. The molecule has 2 aliphatic rings. The molecule has 0 unspecified atom stereocenters. The van der Waals surface area contributed by atoms with Gasteiger partial charge in [-0.1, -0.05) is 25.0 Å². The lowest BCUT2D eigenvalue weighted by Gasteiger charge is -2.30. The number of hydrogen-bond acceptors (Lipinski definition) is 3. The first-order valence-corrected chi connectivity index (χ1v) is 8.58. The van der Waals surface area contributed by atoms with Gasteiger partial charge in [-0.2, -0.15) is 0 Å². The zero-order valence-corrected chi connectivity index (χ0v) is 13.8. The maximum Gasteiger partial charge on any atom is 0.241 e. The summed E-state index contributed by atoms with van der Waals surface area (Å²) in [4.78, 5) is 29.0. The van der Waals surface area contributed by atoms with Gasteiger partial charge >= 0.3 is 0 Å². The van der Waals surface area contributed by atoms with Crippen LogP contribution in [0.15, 0.2) is 24.3 Å². The molecule has 0 aliphatic carbocycles. The predicted octanol–water partition coefficient (Wildman–Crippen LogP) is 2.63. The smallest absolute Gasteiger partial charge is 0.241 e. The van der Waals surface area contributed by atoms with Crippen molar-refractivity contribution in [3.05, 3.63) is 24.3 Å². The molecule has 5 nitrogen and oxygen atoms in total. The van der Waals surface area contributed by atoms with Gasteiger partial charge in [0.25, 0.3) is 0 Å². The van der Waals surface area contributed by atoms with Crippen molar-refractivity contribution in [3.8, 4) is 0 Å². The molecule has 1 aromatic rings. The zero-order valence-electron chi connectivity index (χ0n) is 13.8. The Hall–Kier alpha value is -1.88. The summed E-state index contributed by atoms with van der Waals surface area (Å²) in [6.45, 7) is 4.37. The molecular weight excluding hydrogens is 290 g/mol. The van der Waals surface area contributed by atoms with E-state index in [1.807, 2.05) is 31.2 Å². The quantitative estimate of drug-likeness (QED) is 0.913. The number of carbonyl (C=O) groups is 2. The van der Waals surface area contributed by atoms with Crippen molar-refractivity contribution < 1.29 is 9.59 Å². The first-order chi connectivity index (χ1) is 11.1. The Morgan fingerprint density at radius 2 is 1.87 bits per heavy atom. The number of nitrogens with one attached hydrogen (secondary N) is 1. The molecule has 3 rings (SSSR count). The minimum Gasteiger partial charge on any atom is -0.324 e. The molecule has 1 N–H and O–H groups in total. The van der Waals surface area contributed by atoms with Crippen LogP contribution in [0, 0.1) is 0 Å². The molecule has 0 aromatic heterocycles. The fourth-order valence-corrected chi connectivity index (χ4v) is 3.53. The Kier molecular flexibility index (Phi) is 4.96. The molecule has 0 spiro atoms.